The number of nitrogens with zero attached hydrogens (tertiary/aromatic N) is 1. The third kappa shape index (κ3) is 2.12. The van der Waals surface area contributed by atoms with Crippen molar-refractivity contribution in [3.63, 3.8) is 0 Å². The molecular formula is C12H15NO2. The summed E-state index contributed by atoms with van der Waals surface area (Å²) in [6.07, 6.45) is 2.23. The number of hydrogen-bond donors (Lipinski definition) is 0. The highest BCUT2D eigenvalue weighted by Gasteiger charge is 2.31. The molecule has 1 aliphatic rings. The Bertz CT molecular complexity index is 354. The van der Waals surface area contributed by atoms with Crippen LogP contribution >= 0.6 is 0 Å². The molecule has 2 rings (SSSR count). The summed E-state index contributed by atoms with van der Waals surface area (Å²) in [5.74, 6) is 0.931. The van der Waals surface area contributed by atoms with Gasteiger partial charge >= 0.3 is 0 Å². The smallest absolute Gasteiger partial charge is 0.224 e. The monoisotopic (exact) mass is 205 g/mol. The van der Waals surface area contributed by atoms with Crippen molar-refractivity contribution in [1.29, 1.82) is 0 Å². The fraction of sp³-hybridized carbons (Fsp3) is 0.417. The van der Waals surface area contributed by atoms with E-state index in [-0.39, 0.29) is 5.91 Å². The van der Waals surface area contributed by atoms with E-state index in [1.807, 2.05) is 29.2 Å². The van der Waals surface area contributed by atoms with Crippen LogP contribution in [0.4, 0.5) is 5.69 Å². The Morgan fingerprint density at radius 1 is 1.33 bits per heavy atom. The topological polar surface area (TPSA) is 29.5 Å². The predicted molar refractivity (Wildman–Crippen MR) is 59.2 cm³/mol. The summed E-state index contributed by atoms with van der Waals surface area (Å²) in [5.41, 5.74) is 0.964. The molecule has 15 heavy (non-hydrogen) atoms. The normalized spacial score (nSPS) is 14.8. The first-order chi connectivity index (χ1) is 7.22. The van der Waals surface area contributed by atoms with Crippen molar-refractivity contribution in [2.24, 2.45) is 0 Å². The van der Waals surface area contributed by atoms with E-state index in [2.05, 4.69) is 0 Å². The van der Waals surface area contributed by atoms with Crippen LogP contribution in [-0.4, -0.2) is 19.1 Å². The molecule has 0 radical (unpaired) electrons. The van der Waals surface area contributed by atoms with E-state index in [4.69, 9.17) is 4.74 Å². The molecule has 0 spiro atoms. The lowest BCUT2D eigenvalue weighted by Gasteiger charge is -2.20. The van der Waals surface area contributed by atoms with Gasteiger partial charge in [0.2, 0.25) is 5.91 Å². The molecule has 3 heteroatoms. The van der Waals surface area contributed by atoms with Crippen LogP contribution in [0.15, 0.2) is 24.3 Å². The number of hydrogen-bond acceptors (Lipinski definition) is 2. The minimum absolute atomic E-state index is 0.114. The molecule has 1 aromatic rings. The van der Waals surface area contributed by atoms with Crippen LogP contribution < -0.4 is 9.64 Å². The molecule has 1 amide bonds. The molecule has 0 unspecified atom stereocenters. The third-order valence-electron chi connectivity index (χ3n) is 2.60. The van der Waals surface area contributed by atoms with Gasteiger partial charge in [-0.15, -0.1) is 0 Å². The molecule has 1 saturated carbocycles. The maximum Gasteiger partial charge on any atom is 0.224 e. The van der Waals surface area contributed by atoms with E-state index in [0.717, 1.165) is 24.3 Å². The fourth-order valence-corrected chi connectivity index (χ4v) is 1.73. The second-order valence-electron chi connectivity index (χ2n) is 3.82. The van der Waals surface area contributed by atoms with Crippen molar-refractivity contribution in [2.75, 3.05) is 12.0 Å². The minimum atomic E-state index is 0.114. The van der Waals surface area contributed by atoms with E-state index in [0.29, 0.717) is 6.04 Å². The number of benzene rings is 1. The summed E-state index contributed by atoms with van der Waals surface area (Å²) in [4.78, 5) is 13.3. The van der Waals surface area contributed by atoms with Crippen LogP contribution in [-0.2, 0) is 4.79 Å². The number of methoxy groups -OCH3 is 1. The summed E-state index contributed by atoms with van der Waals surface area (Å²) >= 11 is 0. The second kappa shape index (κ2) is 3.93. The molecular weight excluding hydrogens is 190 g/mol. The molecule has 1 aliphatic carbocycles. The lowest BCUT2D eigenvalue weighted by Crippen LogP contribution is -2.30. The number of carbonyl (C=O) groups is 1. The van der Waals surface area contributed by atoms with Gasteiger partial charge in [0, 0.05) is 18.7 Å². The molecule has 0 aliphatic heterocycles. The average Bonchev–Trinajstić information content (AvgIpc) is 3.03. The zero-order valence-corrected chi connectivity index (χ0v) is 9.06. The van der Waals surface area contributed by atoms with Crippen LogP contribution in [0.5, 0.6) is 5.75 Å². The summed E-state index contributed by atoms with van der Waals surface area (Å²) in [7, 11) is 1.64. The van der Waals surface area contributed by atoms with E-state index in [1.165, 1.54) is 0 Å². The molecule has 0 N–H and O–H groups in total. The number of rotatable bonds is 3. The van der Waals surface area contributed by atoms with E-state index in [9.17, 15) is 4.79 Å². The van der Waals surface area contributed by atoms with Crippen LogP contribution in [0, 0.1) is 0 Å². The molecule has 1 fully saturated rings. The van der Waals surface area contributed by atoms with Crippen LogP contribution in [0.25, 0.3) is 0 Å². The summed E-state index contributed by atoms with van der Waals surface area (Å²) < 4.78 is 5.08. The Hall–Kier alpha value is -1.51. The van der Waals surface area contributed by atoms with Gasteiger partial charge in [-0.25, -0.2) is 0 Å². The van der Waals surface area contributed by atoms with Crippen LogP contribution in [0.1, 0.15) is 19.8 Å². The Labute approximate surface area is 89.7 Å². The van der Waals surface area contributed by atoms with Gasteiger partial charge in [-0.05, 0) is 37.1 Å². The highest BCUT2D eigenvalue weighted by atomic mass is 16.5. The van der Waals surface area contributed by atoms with E-state index < -0.39 is 0 Å². The van der Waals surface area contributed by atoms with Crippen molar-refractivity contribution < 1.29 is 9.53 Å². The van der Waals surface area contributed by atoms with Crippen molar-refractivity contribution in [1.82, 2.24) is 0 Å². The van der Waals surface area contributed by atoms with Gasteiger partial charge in [0.1, 0.15) is 5.75 Å². The summed E-state index contributed by atoms with van der Waals surface area (Å²) in [5, 5.41) is 0. The molecule has 80 valence electrons. The average molecular weight is 205 g/mol. The lowest BCUT2D eigenvalue weighted by atomic mass is 10.2. The fourth-order valence-electron chi connectivity index (χ4n) is 1.73. The minimum Gasteiger partial charge on any atom is -0.497 e. The predicted octanol–water partition coefficient (Wildman–Crippen LogP) is 2.21. The van der Waals surface area contributed by atoms with Gasteiger partial charge in [-0.2, -0.15) is 0 Å². The van der Waals surface area contributed by atoms with Gasteiger partial charge < -0.3 is 9.64 Å². The van der Waals surface area contributed by atoms with Gasteiger partial charge in [-0.3, -0.25) is 4.79 Å². The first kappa shape index (κ1) is 10.0. The van der Waals surface area contributed by atoms with Crippen molar-refractivity contribution >= 4 is 11.6 Å². The van der Waals surface area contributed by atoms with E-state index >= 15 is 0 Å². The second-order valence-corrected chi connectivity index (χ2v) is 3.82. The van der Waals surface area contributed by atoms with Crippen molar-refractivity contribution in [3.8, 4) is 5.75 Å². The number of ether oxygens (including phenoxy) is 1. The summed E-state index contributed by atoms with van der Waals surface area (Å²) in [6, 6.07) is 8.04. The third-order valence-corrected chi connectivity index (χ3v) is 2.60. The Kier molecular flexibility index (Phi) is 2.62. The first-order valence-corrected chi connectivity index (χ1v) is 5.16. The largest absolute Gasteiger partial charge is 0.497 e. The quantitative estimate of drug-likeness (QED) is 0.757. The van der Waals surface area contributed by atoms with Gasteiger partial charge in [-0.1, -0.05) is 0 Å². The first-order valence-electron chi connectivity index (χ1n) is 5.16. The maximum absolute atomic E-state index is 11.5. The number of anilines is 1. The SMILES string of the molecule is COc1ccc(N(C(C)=O)C2CC2)cc1. The number of carbonyl (C=O) groups excluding carboxylic acids is 1. The molecule has 0 aromatic heterocycles. The zero-order chi connectivity index (χ0) is 10.8. The van der Waals surface area contributed by atoms with Crippen LogP contribution in [0.3, 0.4) is 0 Å². The highest BCUT2D eigenvalue weighted by molar-refractivity contribution is 5.92. The molecule has 3 nitrogen and oxygen atoms in total. The maximum atomic E-state index is 11.5. The summed E-state index contributed by atoms with van der Waals surface area (Å²) in [6.45, 7) is 1.61. The van der Waals surface area contributed by atoms with Gasteiger partial charge in [0.15, 0.2) is 0 Å². The van der Waals surface area contributed by atoms with Gasteiger partial charge in [0.05, 0.1) is 7.11 Å². The van der Waals surface area contributed by atoms with Crippen LogP contribution in [0.2, 0.25) is 0 Å². The number of amides is 1. The standard InChI is InChI=1S/C12H15NO2/c1-9(14)13(10-3-4-10)11-5-7-12(15-2)8-6-11/h5-8,10H,3-4H2,1-2H3. The van der Waals surface area contributed by atoms with Gasteiger partial charge in [0.25, 0.3) is 0 Å². The zero-order valence-electron chi connectivity index (χ0n) is 9.06. The van der Waals surface area contributed by atoms with Crippen molar-refractivity contribution in [2.45, 2.75) is 25.8 Å². The lowest BCUT2D eigenvalue weighted by molar-refractivity contribution is -0.116. The highest BCUT2D eigenvalue weighted by Crippen LogP contribution is 2.32. The molecule has 0 atom stereocenters. The van der Waals surface area contributed by atoms with E-state index in [1.54, 1.807) is 14.0 Å². The molecule has 0 bridgehead atoms. The Balaban J connectivity index is 2.22. The van der Waals surface area contributed by atoms with Crippen molar-refractivity contribution in [3.05, 3.63) is 24.3 Å². The molecule has 0 saturated heterocycles. The Morgan fingerprint density at radius 2 is 1.93 bits per heavy atom. The molecule has 0 heterocycles. The molecule has 1 aromatic carbocycles. The Morgan fingerprint density at radius 3 is 2.33 bits per heavy atom.